The SMILES string of the molecule is CCCCCS(=O)(=O)CC(=O)NC(C)(CN)CC(C)C.Cl. The van der Waals surface area contributed by atoms with Crippen LogP contribution in [0.1, 0.15) is 53.4 Å². The lowest BCUT2D eigenvalue weighted by Crippen LogP contribution is -2.53. The quantitative estimate of drug-likeness (QED) is 0.593. The number of halogens is 1. The normalized spacial score (nSPS) is 14.4. The Labute approximate surface area is 135 Å². The third kappa shape index (κ3) is 11.0. The lowest BCUT2D eigenvalue weighted by molar-refractivity contribution is -0.120. The number of amides is 1. The van der Waals surface area contributed by atoms with Crippen LogP contribution in [0, 0.1) is 5.92 Å². The molecule has 5 nitrogen and oxygen atoms in total. The van der Waals surface area contributed by atoms with Gasteiger partial charge in [0.05, 0.1) is 5.75 Å². The summed E-state index contributed by atoms with van der Waals surface area (Å²) < 4.78 is 23.6. The number of rotatable bonds is 10. The van der Waals surface area contributed by atoms with E-state index in [0.29, 0.717) is 18.9 Å². The van der Waals surface area contributed by atoms with Gasteiger partial charge in [-0.2, -0.15) is 0 Å². The van der Waals surface area contributed by atoms with Crippen LogP contribution >= 0.6 is 12.4 Å². The fourth-order valence-electron chi connectivity index (χ4n) is 2.30. The lowest BCUT2D eigenvalue weighted by Gasteiger charge is -2.31. The molecule has 0 aromatic heterocycles. The number of carbonyl (C=O) groups is 1. The molecule has 0 spiro atoms. The predicted octanol–water partition coefficient (Wildman–Crippen LogP) is 1.89. The molecule has 0 aliphatic heterocycles. The average Bonchev–Trinajstić information content (AvgIpc) is 2.26. The molecule has 0 aromatic rings. The molecule has 7 heteroatoms. The smallest absolute Gasteiger partial charge is 0.235 e. The second-order valence-corrected chi connectivity index (χ2v) is 8.39. The van der Waals surface area contributed by atoms with E-state index >= 15 is 0 Å². The summed E-state index contributed by atoms with van der Waals surface area (Å²) >= 11 is 0. The summed E-state index contributed by atoms with van der Waals surface area (Å²) in [5.41, 5.74) is 5.16. The third-order valence-electron chi connectivity index (χ3n) is 3.16. The van der Waals surface area contributed by atoms with Gasteiger partial charge in [0.15, 0.2) is 9.84 Å². The molecule has 0 saturated carbocycles. The van der Waals surface area contributed by atoms with Crippen molar-refractivity contribution in [3.05, 3.63) is 0 Å². The van der Waals surface area contributed by atoms with E-state index in [1.165, 1.54) is 0 Å². The molecular weight excluding hydrogens is 312 g/mol. The molecule has 0 bridgehead atoms. The van der Waals surface area contributed by atoms with Gasteiger partial charge in [-0.1, -0.05) is 33.6 Å². The molecular formula is C14H31ClN2O3S. The number of sulfone groups is 1. The van der Waals surface area contributed by atoms with Crippen LogP contribution in [0.3, 0.4) is 0 Å². The molecule has 0 aliphatic rings. The van der Waals surface area contributed by atoms with Crippen molar-refractivity contribution in [3.63, 3.8) is 0 Å². The van der Waals surface area contributed by atoms with Crippen LogP contribution in [-0.4, -0.2) is 37.9 Å². The van der Waals surface area contributed by atoms with E-state index < -0.39 is 27.0 Å². The van der Waals surface area contributed by atoms with Gasteiger partial charge in [0.2, 0.25) is 5.91 Å². The molecule has 128 valence electrons. The first-order chi connectivity index (χ1) is 9.14. The zero-order chi connectivity index (χ0) is 15.8. The van der Waals surface area contributed by atoms with Crippen molar-refractivity contribution in [1.29, 1.82) is 0 Å². The van der Waals surface area contributed by atoms with Crippen LogP contribution in [0.25, 0.3) is 0 Å². The number of nitrogens with one attached hydrogen (secondary N) is 1. The van der Waals surface area contributed by atoms with Crippen molar-refractivity contribution in [2.24, 2.45) is 11.7 Å². The minimum absolute atomic E-state index is 0. The highest BCUT2D eigenvalue weighted by Gasteiger charge is 2.27. The van der Waals surface area contributed by atoms with Crippen molar-refractivity contribution in [2.75, 3.05) is 18.1 Å². The van der Waals surface area contributed by atoms with E-state index in [1.54, 1.807) is 0 Å². The van der Waals surface area contributed by atoms with Crippen LogP contribution < -0.4 is 11.1 Å². The maximum Gasteiger partial charge on any atom is 0.235 e. The van der Waals surface area contributed by atoms with Crippen molar-refractivity contribution >= 4 is 28.2 Å². The van der Waals surface area contributed by atoms with E-state index in [0.717, 1.165) is 19.3 Å². The molecule has 0 aliphatic carbocycles. The lowest BCUT2D eigenvalue weighted by atomic mass is 9.91. The summed E-state index contributed by atoms with van der Waals surface area (Å²) in [7, 11) is -3.31. The predicted molar refractivity (Wildman–Crippen MR) is 90.5 cm³/mol. The zero-order valence-electron chi connectivity index (χ0n) is 13.6. The summed E-state index contributed by atoms with van der Waals surface area (Å²) in [6.07, 6.45) is 3.17. The Hall–Kier alpha value is -0.330. The van der Waals surface area contributed by atoms with Gasteiger partial charge in [0.1, 0.15) is 5.75 Å². The highest BCUT2D eigenvalue weighted by atomic mass is 35.5. The second kappa shape index (κ2) is 10.4. The number of hydrogen-bond donors (Lipinski definition) is 2. The average molecular weight is 343 g/mol. The van der Waals surface area contributed by atoms with Crippen LogP contribution in [0.4, 0.5) is 0 Å². The first-order valence-electron chi connectivity index (χ1n) is 7.35. The van der Waals surface area contributed by atoms with Gasteiger partial charge in [-0.3, -0.25) is 4.79 Å². The number of carbonyl (C=O) groups excluding carboxylic acids is 1. The van der Waals surface area contributed by atoms with Gasteiger partial charge >= 0.3 is 0 Å². The van der Waals surface area contributed by atoms with Crippen LogP contribution in [0.2, 0.25) is 0 Å². The van der Waals surface area contributed by atoms with Gasteiger partial charge in [0.25, 0.3) is 0 Å². The molecule has 1 unspecified atom stereocenters. The monoisotopic (exact) mass is 342 g/mol. The third-order valence-corrected chi connectivity index (χ3v) is 4.77. The number of nitrogens with two attached hydrogens (primary N) is 1. The van der Waals surface area contributed by atoms with E-state index in [2.05, 4.69) is 5.32 Å². The zero-order valence-corrected chi connectivity index (χ0v) is 15.3. The van der Waals surface area contributed by atoms with Gasteiger partial charge in [-0.25, -0.2) is 8.42 Å². The Morgan fingerprint density at radius 2 is 1.86 bits per heavy atom. The Morgan fingerprint density at radius 1 is 1.29 bits per heavy atom. The fraction of sp³-hybridized carbons (Fsp3) is 0.929. The van der Waals surface area contributed by atoms with Gasteiger partial charge in [0, 0.05) is 12.1 Å². The minimum Gasteiger partial charge on any atom is -0.349 e. The second-order valence-electron chi connectivity index (χ2n) is 6.21. The van der Waals surface area contributed by atoms with Crippen LogP contribution in [0.5, 0.6) is 0 Å². The van der Waals surface area contributed by atoms with Gasteiger partial charge < -0.3 is 11.1 Å². The summed E-state index contributed by atoms with van der Waals surface area (Å²) in [5.74, 6) is -0.428. The van der Waals surface area contributed by atoms with Crippen molar-refractivity contribution < 1.29 is 13.2 Å². The summed E-state index contributed by atoms with van der Waals surface area (Å²) in [4.78, 5) is 11.9. The molecule has 21 heavy (non-hydrogen) atoms. The first-order valence-corrected chi connectivity index (χ1v) is 9.18. The Morgan fingerprint density at radius 3 is 2.29 bits per heavy atom. The first kappa shape index (κ1) is 22.9. The van der Waals surface area contributed by atoms with Crippen molar-refractivity contribution in [1.82, 2.24) is 5.32 Å². The van der Waals surface area contributed by atoms with Gasteiger partial charge in [-0.05, 0) is 25.7 Å². The highest BCUT2D eigenvalue weighted by Crippen LogP contribution is 2.15. The van der Waals surface area contributed by atoms with Crippen molar-refractivity contribution in [2.45, 2.75) is 58.9 Å². The van der Waals surface area contributed by atoms with Crippen LogP contribution in [0.15, 0.2) is 0 Å². The molecule has 0 saturated heterocycles. The molecule has 0 fully saturated rings. The molecule has 0 heterocycles. The molecule has 1 atom stereocenters. The number of hydrogen-bond acceptors (Lipinski definition) is 4. The molecule has 3 N–H and O–H groups in total. The van der Waals surface area contributed by atoms with E-state index in [4.69, 9.17) is 5.73 Å². The minimum atomic E-state index is -3.31. The topological polar surface area (TPSA) is 89.3 Å². The Balaban J connectivity index is 0. The standard InChI is InChI=1S/C14H30N2O3S.ClH/c1-5-6-7-8-20(18,19)10-13(17)16-14(4,11-15)9-12(2)3;/h12H,5-11,15H2,1-4H3,(H,16,17);1H. The summed E-state index contributed by atoms with van der Waals surface area (Å²) in [5, 5.41) is 2.78. The maximum absolute atomic E-state index is 11.9. The molecule has 1 amide bonds. The maximum atomic E-state index is 11.9. The largest absolute Gasteiger partial charge is 0.349 e. The van der Waals surface area contributed by atoms with Gasteiger partial charge in [-0.15, -0.1) is 12.4 Å². The Bertz CT molecular complexity index is 399. The summed E-state index contributed by atoms with van der Waals surface area (Å²) in [6, 6.07) is 0. The van der Waals surface area contributed by atoms with E-state index in [-0.39, 0.29) is 18.2 Å². The fourth-order valence-corrected chi connectivity index (χ4v) is 3.56. The van der Waals surface area contributed by atoms with Crippen LogP contribution in [-0.2, 0) is 14.6 Å². The van der Waals surface area contributed by atoms with E-state index in [1.807, 2.05) is 27.7 Å². The van der Waals surface area contributed by atoms with E-state index in [9.17, 15) is 13.2 Å². The highest BCUT2D eigenvalue weighted by molar-refractivity contribution is 7.92. The number of unbranched alkanes of at least 4 members (excludes halogenated alkanes) is 2. The van der Waals surface area contributed by atoms with Crippen molar-refractivity contribution in [3.8, 4) is 0 Å². The summed E-state index contributed by atoms with van der Waals surface area (Å²) in [6.45, 7) is 8.25. The molecule has 0 aromatic carbocycles. The molecule has 0 rings (SSSR count). The Kier molecular flexibility index (Phi) is 11.4. The molecule has 0 radical (unpaired) electrons.